The van der Waals surface area contributed by atoms with E-state index in [9.17, 15) is 0 Å². The van der Waals surface area contributed by atoms with Crippen LogP contribution in [-0.2, 0) is 18.9 Å². The van der Waals surface area contributed by atoms with E-state index in [2.05, 4.69) is 158 Å². The Kier molecular flexibility index (Phi) is 23.0. The molecular formula is C75H104BrN11O4Si4. The van der Waals surface area contributed by atoms with Gasteiger partial charge < -0.3 is 28.7 Å². The molecule has 4 unspecified atom stereocenters. The van der Waals surface area contributed by atoms with Crippen LogP contribution in [0.25, 0.3) is 60.9 Å². The Hall–Kier alpha value is -5.74. The molecule has 6 aromatic heterocycles. The third-order valence-electron chi connectivity index (χ3n) is 19.7. The number of anilines is 2. The quantitative estimate of drug-likeness (QED) is 0.0200. The average Bonchev–Trinajstić information content (AvgIpc) is 1.68. The highest BCUT2D eigenvalue weighted by molar-refractivity contribution is 9.10. The van der Waals surface area contributed by atoms with Gasteiger partial charge in [-0.2, -0.15) is 14.7 Å². The molecule has 2 aromatic carbocycles. The molecule has 4 aliphatic carbocycles. The van der Waals surface area contributed by atoms with Crippen LogP contribution in [0, 0.1) is 30.2 Å². The molecule has 0 N–H and O–H groups in total. The summed E-state index contributed by atoms with van der Waals surface area (Å²) in [7, 11) is -5.00. The normalized spacial score (nSPS) is 19.7. The van der Waals surface area contributed by atoms with E-state index in [1.807, 2.05) is 70.2 Å². The zero-order valence-corrected chi connectivity index (χ0v) is 64.4. The molecule has 4 fully saturated rings. The van der Waals surface area contributed by atoms with Crippen LogP contribution in [0.15, 0.2) is 114 Å². The maximum atomic E-state index is 8.53. The topological polar surface area (TPSA) is 134 Å². The first-order valence-electron chi connectivity index (χ1n) is 35.1. The largest absolute Gasteiger partial charge is 0.361 e. The number of aromatic nitrogens is 8. The van der Waals surface area contributed by atoms with Crippen molar-refractivity contribution < 1.29 is 18.9 Å². The van der Waals surface area contributed by atoms with Crippen LogP contribution in [-0.4, -0.2) is 125 Å². The van der Waals surface area contributed by atoms with Crippen molar-refractivity contribution in [3.05, 3.63) is 137 Å². The first-order valence-corrected chi connectivity index (χ1v) is 50.8. The second kappa shape index (κ2) is 31.0. The summed E-state index contributed by atoms with van der Waals surface area (Å²) >= 11 is 4.11. The van der Waals surface area contributed by atoms with Crippen LogP contribution in [0.5, 0.6) is 0 Å². The first-order chi connectivity index (χ1) is 45.4. The number of fused-ring (bicyclic) bond motifs is 6. The number of hydrogen-bond acceptors (Lipinski definition) is 12. The molecule has 12 rings (SSSR count). The third kappa shape index (κ3) is 18.5. The van der Waals surface area contributed by atoms with Crippen LogP contribution < -0.4 is 9.80 Å². The molecule has 15 nitrogen and oxygen atoms in total. The van der Waals surface area contributed by atoms with E-state index in [1.165, 1.54) is 51.4 Å². The minimum atomic E-state index is -1.27. The first kappa shape index (κ1) is 70.6. The van der Waals surface area contributed by atoms with E-state index < -0.39 is 32.3 Å². The summed E-state index contributed by atoms with van der Waals surface area (Å²) < 4.78 is 30.4. The van der Waals surface area contributed by atoms with E-state index in [0.717, 1.165) is 157 Å². The fraction of sp³-hybridized carbons (Fsp3) is 0.533. The Morgan fingerprint density at radius 1 is 0.453 bits per heavy atom. The SMILES string of the molecule is C[Si](C)(C)CCOCN(COCC[Si](C)(C)C)c1c(Br)c(C2CC3CCC(C3)C2)nc2c(-c3ccc(-c4ccccc4)nc3)cnn12.[C-]#[N+]c1c(C2CC3CCC(C3)C2)nc2c(-c3ccc(-c4ccccc4)nc3)cnn2c1N(COCC[Si](C)(C)C)COCC[Si](C)(C)C. The summed E-state index contributed by atoms with van der Waals surface area (Å²) in [6.07, 6.45) is 20.3. The van der Waals surface area contributed by atoms with Crippen molar-refractivity contribution in [3.63, 3.8) is 0 Å². The van der Waals surface area contributed by atoms with E-state index in [-0.39, 0.29) is 5.92 Å². The van der Waals surface area contributed by atoms with Crippen molar-refractivity contribution in [1.29, 1.82) is 0 Å². The van der Waals surface area contributed by atoms with Crippen LogP contribution in [0.1, 0.15) is 87.4 Å². The number of rotatable bonds is 28. The van der Waals surface area contributed by atoms with Gasteiger partial charge in [0.15, 0.2) is 17.1 Å². The van der Waals surface area contributed by atoms with E-state index in [4.69, 9.17) is 55.7 Å². The van der Waals surface area contributed by atoms with Crippen LogP contribution in [0.4, 0.5) is 17.3 Å². The van der Waals surface area contributed by atoms with Gasteiger partial charge in [0.1, 0.15) is 32.7 Å². The second-order valence-corrected chi connectivity index (χ2v) is 55.8. The molecule has 0 aliphatic heterocycles. The number of benzene rings is 2. The van der Waals surface area contributed by atoms with Gasteiger partial charge >= 0.3 is 0 Å². The van der Waals surface area contributed by atoms with Gasteiger partial charge in [-0.25, -0.2) is 19.3 Å². The highest BCUT2D eigenvalue weighted by Crippen LogP contribution is 2.53. The summed E-state index contributed by atoms with van der Waals surface area (Å²) in [6.45, 7) is 41.5. The molecule has 0 spiro atoms. The molecule has 95 heavy (non-hydrogen) atoms. The van der Waals surface area contributed by atoms with Gasteiger partial charge in [0.25, 0.3) is 0 Å². The number of halogens is 1. The van der Waals surface area contributed by atoms with Gasteiger partial charge in [0, 0.05) is 110 Å². The molecular weight excluding hydrogens is 1310 g/mol. The van der Waals surface area contributed by atoms with Gasteiger partial charge in [-0.3, -0.25) is 9.97 Å². The van der Waals surface area contributed by atoms with Crippen molar-refractivity contribution in [1.82, 2.24) is 39.2 Å². The summed E-state index contributed by atoms with van der Waals surface area (Å²) in [5, 5.41) is 9.89. The predicted molar refractivity (Wildman–Crippen MR) is 404 cm³/mol. The molecule has 0 saturated heterocycles. The van der Waals surface area contributed by atoms with Gasteiger partial charge in [-0.1, -0.05) is 177 Å². The monoisotopic (exact) mass is 1410 g/mol. The number of hydrogen-bond donors (Lipinski definition) is 0. The zero-order valence-electron chi connectivity index (χ0n) is 58.8. The molecule has 506 valence electrons. The standard InChI is InChI=1S/C38H52N6O2Si2.C37H52BrN5O2Si2/c1-39-36-35(32-22-28-13-14-29(21-28)23-32)42-37-33(31-15-16-34(40-24-31)30-11-9-8-10-12-30)25-41-44(37)38(36)43(26-45-17-19-47(2,3)4)27-46-18-20-48(5,6)7;1-46(2,3)18-16-44-25-42(26-45-17-19-47(4,5)6)37-34(38)35(31-21-27-12-13-28(20-27)22-31)41-36-32(24-40-43(36)37)30-14-15-33(39-23-30)29-10-8-7-9-11-29/h8-12,15-16,24-25,28-29,32H,13-14,17-23,26-27H2,2-7H3;7-11,14-15,23-24,27-28,31H,12-13,16-22,25-26H2,1-6H3. The van der Waals surface area contributed by atoms with Gasteiger partial charge in [-0.05, 0) is 120 Å². The van der Waals surface area contributed by atoms with Crippen molar-refractivity contribution in [2.24, 2.45) is 23.7 Å². The van der Waals surface area contributed by atoms with Gasteiger partial charge in [0.05, 0.1) is 46.2 Å². The molecule has 4 bridgehead atoms. The van der Waals surface area contributed by atoms with Crippen molar-refractivity contribution in [2.45, 2.75) is 179 Å². The van der Waals surface area contributed by atoms with Crippen LogP contribution >= 0.6 is 15.9 Å². The Bertz CT molecular complexity index is 3790. The minimum Gasteiger partial charge on any atom is -0.361 e. The van der Waals surface area contributed by atoms with Crippen molar-refractivity contribution in [2.75, 3.05) is 63.2 Å². The third-order valence-corrected chi connectivity index (χ3v) is 27.3. The molecule has 8 aromatic rings. The Morgan fingerprint density at radius 3 is 1.17 bits per heavy atom. The lowest BCUT2D eigenvalue weighted by atomic mass is 9.79. The molecule has 20 heteroatoms. The summed E-state index contributed by atoms with van der Waals surface area (Å²) in [4.78, 5) is 29.0. The zero-order chi connectivity index (χ0) is 67.1. The van der Waals surface area contributed by atoms with Crippen LogP contribution in [0.2, 0.25) is 103 Å². The van der Waals surface area contributed by atoms with Crippen molar-refractivity contribution >= 4 is 76.8 Å². The molecule has 6 heterocycles. The second-order valence-electron chi connectivity index (χ2n) is 32.5. The van der Waals surface area contributed by atoms with E-state index >= 15 is 0 Å². The summed E-state index contributed by atoms with van der Waals surface area (Å²) in [5.74, 6) is 5.41. The Morgan fingerprint density at radius 2 is 0.811 bits per heavy atom. The lowest BCUT2D eigenvalue weighted by Crippen LogP contribution is -2.34. The summed E-state index contributed by atoms with van der Waals surface area (Å²) in [5.41, 5.74) is 12.2. The fourth-order valence-corrected chi connectivity index (χ4v) is 18.1. The number of nitrogens with zero attached hydrogens (tertiary/aromatic N) is 11. The lowest BCUT2D eigenvalue weighted by Gasteiger charge is -2.31. The lowest BCUT2D eigenvalue weighted by molar-refractivity contribution is 0.0940. The highest BCUT2D eigenvalue weighted by Gasteiger charge is 2.40. The van der Waals surface area contributed by atoms with Gasteiger partial charge in [0.2, 0.25) is 5.69 Å². The Labute approximate surface area is 578 Å². The minimum absolute atomic E-state index is 0.257. The maximum absolute atomic E-state index is 8.53. The predicted octanol–water partition coefficient (Wildman–Crippen LogP) is 19.7. The molecule has 4 saturated carbocycles. The average molecular weight is 1420 g/mol. The summed E-state index contributed by atoms with van der Waals surface area (Å²) in [6, 6.07) is 33.4. The highest BCUT2D eigenvalue weighted by atomic mass is 79.9. The fourth-order valence-electron chi connectivity index (χ4n) is 14.2. The number of ether oxygens (including phenoxy) is 4. The molecule has 0 amide bonds. The molecule has 0 radical (unpaired) electrons. The Balaban J connectivity index is 0.000000193. The van der Waals surface area contributed by atoms with Crippen LogP contribution in [0.3, 0.4) is 0 Å². The van der Waals surface area contributed by atoms with E-state index in [0.29, 0.717) is 51.7 Å². The van der Waals surface area contributed by atoms with Gasteiger partial charge in [-0.15, -0.1) is 0 Å². The van der Waals surface area contributed by atoms with Crippen molar-refractivity contribution in [3.8, 4) is 44.8 Å². The number of pyridine rings is 2. The molecule has 4 aliphatic rings. The maximum Gasteiger partial charge on any atom is 0.249 e. The smallest absolute Gasteiger partial charge is 0.249 e. The van der Waals surface area contributed by atoms with E-state index in [1.54, 1.807) is 0 Å². The molecule has 4 atom stereocenters.